The summed E-state index contributed by atoms with van der Waals surface area (Å²) >= 11 is 3.22. The number of anilines is 2. The average molecular weight is 328 g/mol. The molecule has 0 amide bonds. The molecule has 0 bridgehead atoms. The highest BCUT2D eigenvalue weighted by Gasteiger charge is 2.30. The first-order valence-corrected chi connectivity index (χ1v) is 8.76. The van der Waals surface area contributed by atoms with E-state index in [9.17, 15) is 9.59 Å². The molecular weight excluding hydrogens is 308 g/mol. The summed E-state index contributed by atoms with van der Waals surface area (Å²) in [6, 6.07) is 0. The molecule has 1 fully saturated rings. The van der Waals surface area contributed by atoms with Crippen LogP contribution in [0, 0.1) is 0 Å². The molecule has 1 aliphatic rings. The maximum absolute atomic E-state index is 12.1. The zero-order chi connectivity index (χ0) is 15.6. The van der Waals surface area contributed by atoms with Gasteiger partial charge < -0.3 is 15.4 Å². The van der Waals surface area contributed by atoms with E-state index < -0.39 is 5.97 Å². The minimum atomic E-state index is -0.472. The second-order valence-electron chi connectivity index (χ2n) is 4.92. The Hall–Kier alpha value is -1.21. The number of ketones is 1. The molecule has 0 saturated carbocycles. The number of thiophene rings is 1. The zero-order valence-electron chi connectivity index (χ0n) is 12.5. The van der Waals surface area contributed by atoms with Gasteiger partial charge in [-0.3, -0.25) is 4.79 Å². The van der Waals surface area contributed by atoms with Crippen molar-refractivity contribution in [1.29, 1.82) is 0 Å². The molecule has 2 rings (SSSR count). The molecule has 1 aliphatic heterocycles. The van der Waals surface area contributed by atoms with E-state index in [1.807, 2.05) is 11.8 Å². The molecule has 0 aromatic carbocycles. The van der Waals surface area contributed by atoms with Crippen LogP contribution < -0.4 is 10.6 Å². The van der Waals surface area contributed by atoms with Gasteiger partial charge in [-0.1, -0.05) is 13.8 Å². The topological polar surface area (TPSA) is 72.6 Å². The molecule has 5 nitrogen and oxygen atoms in total. The number of nitrogens with zero attached hydrogens (tertiary/aromatic N) is 1. The first kappa shape index (κ1) is 16.2. The van der Waals surface area contributed by atoms with E-state index in [4.69, 9.17) is 10.5 Å². The van der Waals surface area contributed by atoms with Crippen LogP contribution in [0.3, 0.4) is 0 Å². The monoisotopic (exact) mass is 328 g/mol. The van der Waals surface area contributed by atoms with E-state index in [1.165, 1.54) is 18.4 Å². The number of esters is 1. The lowest BCUT2D eigenvalue weighted by Crippen LogP contribution is -2.36. The van der Waals surface area contributed by atoms with Crippen LogP contribution in [-0.2, 0) is 4.74 Å². The summed E-state index contributed by atoms with van der Waals surface area (Å²) in [5.41, 5.74) is 6.66. The Morgan fingerprint density at radius 3 is 2.76 bits per heavy atom. The Labute approximate surface area is 132 Å². The number of hydrogen-bond donors (Lipinski definition) is 1. The molecule has 1 aromatic rings. The van der Waals surface area contributed by atoms with E-state index in [-0.39, 0.29) is 11.5 Å². The van der Waals surface area contributed by atoms with Crippen molar-refractivity contribution in [2.75, 3.05) is 36.6 Å². The van der Waals surface area contributed by atoms with Crippen LogP contribution in [-0.4, -0.2) is 43.0 Å². The van der Waals surface area contributed by atoms with Gasteiger partial charge in [0.25, 0.3) is 0 Å². The SMILES string of the molecule is CCC(=O)c1sc(N2CCSC(C)C2)c(C(=O)OC)c1N. The number of carbonyl (C=O) groups is 2. The van der Waals surface area contributed by atoms with Crippen LogP contribution in [0.15, 0.2) is 0 Å². The van der Waals surface area contributed by atoms with E-state index in [0.29, 0.717) is 22.1 Å². The van der Waals surface area contributed by atoms with Gasteiger partial charge in [0.2, 0.25) is 0 Å². The summed E-state index contributed by atoms with van der Waals surface area (Å²) in [5.74, 6) is 0.490. The molecule has 0 aliphatic carbocycles. The Morgan fingerprint density at radius 1 is 1.48 bits per heavy atom. The number of rotatable bonds is 4. The van der Waals surface area contributed by atoms with Crippen molar-refractivity contribution in [3.05, 3.63) is 10.4 Å². The van der Waals surface area contributed by atoms with Gasteiger partial charge in [-0.2, -0.15) is 11.8 Å². The highest BCUT2D eigenvalue weighted by atomic mass is 32.2. The molecule has 7 heteroatoms. The lowest BCUT2D eigenvalue weighted by molar-refractivity contribution is 0.0603. The Kier molecular flexibility index (Phi) is 5.16. The quantitative estimate of drug-likeness (QED) is 0.677. The minimum Gasteiger partial charge on any atom is -0.465 e. The van der Waals surface area contributed by atoms with Crippen LogP contribution in [0.5, 0.6) is 0 Å². The van der Waals surface area contributed by atoms with Gasteiger partial charge >= 0.3 is 5.97 Å². The summed E-state index contributed by atoms with van der Waals surface area (Å²) < 4.78 is 4.85. The van der Waals surface area contributed by atoms with Gasteiger partial charge in [0.05, 0.1) is 17.7 Å². The van der Waals surface area contributed by atoms with Crippen molar-refractivity contribution in [2.45, 2.75) is 25.5 Å². The van der Waals surface area contributed by atoms with E-state index >= 15 is 0 Å². The van der Waals surface area contributed by atoms with Crippen LogP contribution in [0.2, 0.25) is 0 Å². The number of nitrogens with two attached hydrogens (primary N) is 1. The van der Waals surface area contributed by atoms with Crippen molar-refractivity contribution >= 4 is 45.5 Å². The number of hydrogen-bond acceptors (Lipinski definition) is 7. The third-order valence-electron chi connectivity index (χ3n) is 3.42. The highest BCUT2D eigenvalue weighted by molar-refractivity contribution is 8.00. The summed E-state index contributed by atoms with van der Waals surface area (Å²) in [7, 11) is 1.33. The van der Waals surface area contributed by atoms with Crippen LogP contribution in [0.4, 0.5) is 10.7 Å². The number of thioether (sulfide) groups is 1. The Balaban J connectivity index is 2.47. The fourth-order valence-corrected chi connectivity index (χ4v) is 4.59. The van der Waals surface area contributed by atoms with E-state index in [0.717, 1.165) is 23.8 Å². The molecule has 0 spiro atoms. The Morgan fingerprint density at radius 2 is 2.19 bits per heavy atom. The summed E-state index contributed by atoms with van der Waals surface area (Å²) in [6.07, 6.45) is 0.372. The molecule has 1 unspecified atom stereocenters. The van der Waals surface area contributed by atoms with Crippen molar-refractivity contribution in [2.24, 2.45) is 0 Å². The van der Waals surface area contributed by atoms with Crippen LogP contribution in [0.25, 0.3) is 0 Å². The van der Waals surface area contributed by atoms with E-state index in [2.05, 4.69) is 11.8 Å². The average Bonchev–Trinajstić information content (AvgIpc) is 2.83. The van der Waals surface area contributed by atoms with Gasteiger partial charge in [-0.05, 0) is 0 Å². The molecule has 116 valence electrons. The van der Waals surface area contributed by atoms with Crippen molar-refractivity contribution in [3.63, 3.8) is 0 Å². The van der Waals surface area contributed by atoms with Gasteiger partial charge in [-0.25, -0.2) is 4.79 Å². The summed E-state index contributed by atoms with van der Waals surface area (Å²) in [5, 5.41) is 1.25. The normalized spacial score (nSPS) is 18.6. The predicted molar refractivity (Wildman–Crippen MR) is 88.8 cm³/mol. The van der Waals surface area contributed by atoms with Crippen molar-refractivity contribution < 1.29 is 14.3 Å². The predicted octanol–water partition coefficient (Wildman–Crippen LogP) is 2.65. The van der Waals surface area contributed by atoms with Gasteiger partial charge in [-0.15, -0.1) is 11.3 Å². The molecule has 1 atom stereocenters. The number of Topliss-reactive ketones (excluding diaryl/α,β-unsaturated/α-hetero) is 1. The smallest absolute Gasteiger partial charge is 0.343 e. The molecule has 21 heavy (non-hydrogen) atoms. The standard InChI is InChI=1S/C14H20N2O3S2/c1-4-9(17)12-11(15)10(14(18)19-3)13(21-12)16-5-6-20-8(2)7-16/h8H,4-7,15H2,1-3H3. The first-order chi connectivity index (χ1) is 9.99. The van der Waals surface area contributed by atoms with Gasteiger partial charge in [0.1, 0.15) is 10.6 Å². The number of carbonyl (C=O) groups excluding carboxylic acids is 2. The third kappa shape index (κ3) is 3.18. The number of nitrogen functional groups attached to an aromatic ring is 1. The lowest BCUT2D eigenvalue weighted by Gasteiger charge is -2.31. The zero-order valence-corrected chi connectivity index (χ0v) is 14.1. The molecular formula is C14H20N2O3S2. The number of methoxy groups -OCH3 is 1. The minimum absolute atomic E-state index is 0.0339. The third-order valence-corrected chi connectivity index (χ3v) is 5.86. The second kappa shape index (κ2) is 6.70. The molecule has 2 N–H and O–H groups in total. The fourth-order valence-electron chi connectivity index (χ4n) is 2.32. The van der Waals surface area contributed by atoms with E-state index in [1.54, 1.807) is 6.92 Å². The van der Waals surface area contributed by atoms with Crippen molar-refractivity contribution in [3.8, 4) is 0 Å². The van der Waals surface area contributed by atoms with Crippen LogP contribution in [0.1, 0.15) is 40.3 Å². The maximum Gasteiger partial charge on any atom is 0.343 e. The van der Waals surface area contributed by atoms with Gasteiger partial charge in [0.15, 0.2) is 5.78 Å². The molecule has 1 saturated heterocycles. The van der Waals surface area contributed by atoms with Gasteiger partial charge in [0, 0.05) is 30.5 Å². The fraction of sp³-hybridized carbons (Fsp3) is 0.571. The molecule has 0 radical (unpaired) electrons. The first-order valence-electron chi connectivity index (χ1n) is 6.89. The molecule has 1 aromatic heterocycles. The number of ether oxygens (including phenoxy) is 1. The maximum atomic E-state index is 12.1. The van der Waals surface area contributed by atoms with Crippen LogP contribution >= 0.6 is 23.1 Å². The molecule has 2 heterocycles. The Bertz CT molecular complexity index is 557. The summed E-state index contributed by atoms with van der Waals surface area (Å²) in [6.45, 7) is 5.63. The van der Waals surface area contributed by atoms with Crippen molar-refractivity contribution in [1.82, 2.24) is 0 Å². The second-order valence-corrected chi connectivity index (χ2v) is 7.47. The largest absolute Gasteiger partial charge is 0.465 e. The summed E-state index contributed by atoms with van der Waals surface area (Å²) in [4.78, 5) is 26.7. The lowest BCUT2D eigenvalue weighted by atomic mass is 10.1. The highest BCUT2D eigenvalue weighted by Crippen LogP contribution is 2.40.